The number of methoxy groups -OCH3 is 1. The minimum Gasteiger partial charge on any atom is -0.466 e. The van der Waals surface area contributed by atoms with Crippen LogP contribution in [0.2, 0.25) is 0 Å². The Morgan fingerprint density at radius 2 is 1.97 bits per heavy atom. The molecule has 0 spiro atoms. The summed E-state index contributed by atoms with van der Waals surface area (Å²) >= 11 is 0. The average Bonchev–Trinajstić information content (AvgIpc) is 3.28. The van der Waals surface area contributed by atoms with Crippen LogP contribution in [0.4, 0.5) is 10.5 Å². The Morgan fingerprint density at radius 3 is 2.57 bits per heavy atom. The number of urea groups is 1. The van der Waals surface area contributed by atoms with Gasteiger partial charge < -0.3 is 19.8 Å². The lowest BCUT2D eigenvalue weighted by atomic mass is 9.94. The summed E-state index contributed by atoms with van der Waals surface area (Å²) in [6, 6.07) is 9.22. The second-order valence-electron chi connectivity index (χ2n) is 6.93. The van der Waals surface area contributed by atoms with Crippen molar-refractivity contribution in [3.05, 3.63) is 65.3 Å². The van der Waals surface area contributed by atoms with Gasteiger partial charge in [0.2, 0.25) is 0 Å². The van der Waals surface area contributed by atoms with Gasteiger partial charge in [0.25, 0.3) is 5.91 Å². The summed E-state index contributed by atoms with van der Waals surface area (Å²) in [7, 11) is 1.32. The molecule has 1 atom stereocenters. The van der Waals surface area contributed by atoms with Crippen LogP contribution in [0.5, 0.6) is 0 Å². The molecule has 0 bridgehead atoms. The number of carbonyl (C=O) groups excluding carboxylic acids is 3. The fraction of sp³-hybridized carbons (Fsp3) is 0.318. The number of anilines is 1. The summed E-state index contributed by atoms with van der Waals surface area (Å²) in [5.74, 6) is -0.650. The fourth-order valence-corrected chi connectivity index (χ4v) is 3.35. The molecule has 158 valence electrons. The molecule has 0 saturated heterocycles. The van der Waals surface area contributed by atoms with Crippen molar-refractivity contribution < 1.29 is 23.5 Å². The van der Waals surface area contributed by atoms with E-state index < -0.39 is 12.0 Å². The van der Waals surface area contributed by atoms with Crippen molar-refractivity contribution >= 4 is 23.6 Å². The van der Waals surface area contributed by atoms with E-state index in [9.17, 15) is 14.4 Å². The number of amides is 3. The molecule has 1 aliphatic heterocycles. The second kappa shape index (κ2) is 9.30. The Bertz CT molecular complexity index is 948. The van der Waals surface area contributed by atoms with Gasteiger partial charge in [0.1, 0.15) is 0 Å². The maximum Gasteiger partial charge on any atom is 0.337 e. The molecule has 2 aromatic rings. The van der Waals surface area contributed by atoms with Crippen LogP contribution in [0.3, 0.4) is 0 Å². The SMILES string of the molecule is CCCCN1C(=O)NC(c2ccc(NC(=O)c3ccco3)cc2)C(C(=O)OC)=C1C. The fourth-order valence-electron chi connectivity index (χ4n) is 3.35. The van der Waals surface area contributed by atoms with E-state index in [0.717, 1.165) is 12.8 Å². The van der Waals surface area contributed by atoms with E-state index in [4.69, 9.17) is 9.15 Å². The molecule has 8 nitrogen and oxygen atoms in total. The van der Waals surface area contributed by atoms with Crippen molar-refractivity contribution in [1.29, 1.82) is 0 Å². The van der Waals surface area contributed by atoms with Gasteiger partial charge in [-0.3, -0.25) is 9.69 Å². The zero-order chi connectivity index (χ0) is 21.7. The largest absolute Gasteiger partial charge is 0.466 e. The highest BCUT2D eigenvalue weighted by molar-refractivity contribution is 6.02. The Labute approximate surface area is 174 Å². The Kier molecular flexibility index (Phi) is 6.56. The molecule has 0 saturated carbocycles. The monoisotopic (exact) mass is 411 g/mol. The van der Waals surface area contributed by atoms with Gasteiger partial charge in [-0.15, -0.1) is 0 Å². The summed E-state index contributed by atoms with van der Waals surface area (Å²) in [5, 5.41) is 5.63. The van der Waals surface area contributed by atoms with Gasteiger partial charge in [-0.1, -0.05) is 25.5 Å². The first-order valence-electron chi connectivity index (χ1n) is 9.78. The van der Waals surface area contributed by atoms with Crippen molar-refractivity contribution in [1.82, 2.24) is 10.2 Å². The number of benzene rings is 1. The van der Waals surface area contributed by atoms with Crippen LogP contribution < -0.4 is 10.6 Å². The number of carbonyl (C=O) groups is 3. The molecule has 0 aliphatic carbocycles. The first-order chi connectivity index (χ1) is 14.5. The van der Waals surface area contributed by atoms with E-state index in [0.29, 0.717) is 29.1 Å². The number of nitrogens with zero attached hydrogens (tertiary/aromatic N) is 1. The minimum atomic E-state index is -0.641. The van der Waals surface area contributed by atoms with Crippen LogP contribution in [0.25, 0.3) is 0 Å². The zero-order valence-electron chi connectivity index (χ0n) is 17.2. The summed E-state index contributed by atoms with van der Waals surface area (Å²) < 4.78 is 10.1. The van der Waals surface area contributed by atoms with Gasteiger partial charge in [-0.25, -0.2) is 9.59 Å². The number of furan rings is 1. The number of hydrogen-bond acceptors (Lipinski definition) is 5. The molecule has 1 unspecified atom stereocenters. The third-order valence-electron chi connectivity index (χ3n) is 4.98. The van der Waals surface area contributed by atoms with Gasteiger partial charge in [0.05, 0.1) is 25.0 Å². The van der Waals surface area contributed by atoms with E-state index in [2.05, 4.69) is 10.6 Å². The smallest absolute Gasteiger partial charge is 0.337 e. The standard InChI is InChI=1S/C22H25N3O5/c1-4-5-12-25-14(2)18(21(27)29-3)19(24-22(25)28)15-8-10-16(11-9-15)23-20(26)17-7-6-13-30-17/h6-11,13,19H,4-5,12H2,1-3H3,(H,23,26)(H,24,28). The molecule has 8 heteroatoms. The highest BCUT2D eigenvalue weighted by Gasteiger charge is 2.35. The molecule has 3 amide bonds. The molecule has 1 aromatic heterocycles. The number of allylic oxidation sites excluding steroid dienone is 1. The highest BCUT2D eigenvalue weighted by Crippen LogP contribution is 2.32. The quantitative estimate of drug-likeness (QED) is 0.674. The minimum absolute atomic E-state index is 0.206. The molecule has 2 heterocycles. The van der Waals surface area contributed by atoms with Crippen molar-refractivity contribution in [3.8, 4) is 0 Å². The molecule has 2 N–H and O–H groups in total. The van der Waals surface area contributed by atoms with Crippen LogP contribution in [0.1, 0.15) is 48.8 Å². The van der Waals surface area contributed by atoms with Gasteiger partial charge >= 0.3 is 12.0 Å². The zero-order valence-corrected chi connectivity index (χ0v) is 17.2. The summed E-state index contributed by atoms with van der Waals surface area (Å²) in [6.45, 7) is 4.32. The van der Waals surface area contributed by atoms with Gasteiger partial charge in [-0.2, -0.15) is 0 Å². The predicted octanol–water partition coefficient (Wildman–Crippen LogP) is 3.85. The first kappa shape index (κ1) is 21.2. The van der Waals surface area contributed by atoms with E-state index >= 15 is 0 Å². The third kappa shape index (κ3) is 4.37. The van der Waals surface area contributed by atoms with E-state index in [1.54, 1.807) is 48.2 Å². The average molecular weight is 411 g/mol. The molecule has 1 aromatic carbocycles. The number of nitrogens with one attached hydrogen (secondary N) is 2. The molecule has 0 fully saturated rings. The Balaban J connectivity index is 1.85. The van der Waals surface area contributed by atoms with Crippen LogP contribution in [0.15, 0.2) is 58.3 Å². The first-order valence-corrected chi connectivity index (χ1v) is 9.78. The Hall–Kier alpha value is -3.55. The summed E-state index contributed by atoms with van der Waals surface area (Å²) in [6.07, 6.45) is 3.18. The van der Waals surface area contributed by atoms with E-state index in [-0.39, 0.29) is 17.7 Å². The molecular weight excluding hydrogens is 386 g/mol. The lowest BCUT2D eigenvalue weighted by molar-refractivity contribution is -0.136. The van der Waals surface area contributed by atoms with E-state index in [1.807, 2.05) is 6.92 Å². The van der Waals surface area contributed by atoms with Crippen molar-refractivity contribution in [2.24, 2.45) is 0 Å². The van der Waals surface area contributed by atoms with Crippen LogP contribution in [-0.2, 0) is 9.53 Å². The van der Waals surface area contributed by atoms with Gasteiger partial charge in [-0.05, 0) is 43.2 Å². The summed E-state index contributed by atoms with van der Waals surface area (Å²) in [5.41, 5.74) is 2.24. The molecular formula is C22H25N3O5. The maximum absolute atomic E-state index is 12.7. The van der Waals surface area contributed by atoms with Crippen LogP contribution in [0, 0.1) is 0 Å². The molecule has 3 rings (SSSR count). The van der Waals surface area contributed by atoms with Crippen molar-refractivity contribution in [2.45, 2.75) is 32.7 Å². The highest BCUT2D eigenvalue weighted by atomic mass is 16.5. The molecule has 1 aliphatic rings. The normalized spacial score (nSPS) is 16.3. The maximum atomic E-state index is 12.7. The number of ether oxygens (including phenoxy) is 1. The summed E-state index contributed by atoms with van der Waals surface area (Å²) in [4.78, 5) is 38.8. The lowest BCUT2D eigenvalue weighted by Crippen LogP contribution is -2.48. The number of esters is 1. The van der Waals surface area contributed by atoms with Crippen LogP contribution >= 0.6 is 0 Å². The Morgan fingerprint density at radius 1 is 1.23 bits per heavy atom. The topological polar surface area (TPSA) is 101 Å². The molecule has 30 heavy (non-hydrogen) atoms. The van der Waals surface area contributed by atoms with Crippen molar-refractivity contribution in [2.75, 3.05) is 19.0 Å². The predicted molar refractivity (Wildman–Crippen MR) is 111 cm³/mol. The van der Waals surface area contributed by atoms with Crippen LogP contribution in [-0.4, -0.2) is 36.5 Å². The third-order valence-corrected chi connectivity index (χ3v) is 4.98. The number of hydrogen-bond donors (Lipinski definition) is 2. The molecule has 0 radical (unpaired) electrons. The van der Waals surface area contributed by atoms with Crippen molar-refractivity contribution in [3.63, 3.8) is 0 Å². The van der Waals surface area contributed by atoms with Gasteiger partial charge in [0, 0.05) is 17.9 Å². The number of rotatable bonds is 7. The lowest BCUT2D eigenvalue weighted by Gasteiger charge is -2.35. The second-order valence-corrected chi connectivity index (χ2v) is 6.93. The van der Waals surface area contributed by atoms with E-state index in [1.165, 1.54) is 13.4 Å². The van der Waals surface area contributed by atoms with Gasteiger partial charge in [0.15, 0.2) is 5.76 Å². The number of unbranched alkanes of at least 4 members (excludes halogenated alkanes) is 1.